The molecule has 6 nitrogen and oxygen atoms in total. The Balaban J connectivity index is 2.48. The van der Waals surface area contributed by atoms with Gasteiger partial charge in [0.15, 0.2) is 11.5 Å². The van der Waals surface area contributed by atoms with Crippen molar-refractivity contribution in [2.24, 2.45) is 0 Å². The summed E-state index contributed by atoms with van der Waals surface area (Å²) in [5, 5.41) is 0. The molecule has 2 rings (SSSR count). The molecular weight excluding hydrogens is 330 g/mol. The van der Waals surface area contributed by atoms with Gasteiger partial charge < -0.3 is 14.2 Å². The quantitative estimate of drug-likeness (QED) is 0.865. The average Bonchev–Trinajstić information content (AvgIpc) is 2.55. The molecule has 0 radical (unpaired) electrons. The second-order valence-corrected chi connectivity index (χ2v) is 6.94. The lowest BCUT2D eigenvalue weighted by Crippen LogP contribution is -2.14. The Hall–Kier alpha value is -2.41. The third-order valence-electron chi connectivity index (χ3n) is 3.55. The van der Waals surface area contributed by atoms with Crippen molar-refractivity contribution in [3.8, 4) is 17.2 Å². The van der Waals surface area contributed by atoms with Crippen molar-refractivity contribution in [1.82, 2.24) is 0 Å². The Morgan fingerprint density at radius 2 is 1.46 bits per heavy atom. The molecule has 0 aromatic heterocycles. The summed E-state index contributed by atoms with van der Waals surface area (Å²) in [5.41, 5.74) is 1.86. The van der Waals surface area contributed by atoms with Gasteiger partial charge in [-0.25, -0.2) is 8.42 Å². The summed E-state index contributed by atoms with van der Waals surface area (Å²) in [6.07, 6.45) is 0. The lowest BCUT2D eigenvalue weighted by Gasteiger charge is -2.16. The molecule has 2 aromatic carbocycles. The molecule has 0 amide bonds. The van der Waals surface area contributed by atoms with Gasteiger partial charge in [0.05, 0.1) is 31.9 Å². The van der Waals surface area contributed by atoms with Crippen molar-refractivity contribution < 1.29 is 22.6 Å². The average molecular weight is 351 g/mol. The molecule has 0 heterocycles. The van der Waals surface area contributed by atoms with Gasteiger partial charge in [-0.15, -0.1) is 0 Å². The van der Waals surface area contributed by atoms with Crippen LogP contribution in [0.4, 0.5) is 5.69 Å². The standard InChI is InChI=1S/C17H21NO5S/c1-11-6-7-12(2)16(8-11)24(19,20)18-13-9-14(21-3)17(23-5)15(10-13)22-4/h6-10,18H,1-5H3. The summed E-state index contributed by atoms with van der Waals surface area (Å²) in [4.78, 5) is 0.233. The first kappa shape index (κ1) is 17.9. The Morgan fingerprint density at radius 3 is 1.96 bits per heavy atom. The number of hydrogen-bond acceptors (Lipinski definition) is 5. The molecule has 0 bridgehead atoms. The molecule has 0 aliphatic heterocycles. The molecule has 0 atom stereocenters. The van der Waals surface area contributed by atoms with Crippen LogP contribution in [0.2, 0.25) is 0 Å². The monoisotopic (exact) mass is 351 g/mol. The maximum Gasteiger partial charge on any atom is 0.262 e. The van der Waals surface area contributed by atoms with E-state index in [2.05, 4.69) is 4.72 Å². The van der Waals surface area contributed by atoms with Crippen LogP contribution in [-0.2, 0) is 10.0 Å². The van der Waals surface area contributed by atoms with Crippen LogP contribution in [0, 0.1) is 13.8 Å². The molecule has 24 heavy (non-hydrogen) atoms. The van der Waals surface area contributed by atoms with Gasteiger partial charge in [-0.05, 0) is 31.0 Å². The van der Waals surface area contributed by atoms with Gasteiger partial charge in [-0.2, -0.15) is 0 Å². The predicted molar refractivity (Wildman–Crippen MR) is 92.8 cm³/mol. The van der Waals surface area contributed by atoms with Crippen LogP contribution in [0.3, 0.4) is 0 Å². The van der Waals surface area contributed by atoms with E-state index in [9.17, 15) is 8.42 Å². The number of nitrogens with one attached hydrogen (secondary N) is 1. The molecular formula is C17H21NO5S. The number of anilines is 1. The zero-order valence-corrected chi connectivity index (χ0v) is 15.2. The third-order valence-corrected chi connectivity index (χ3v) is 5.07. The molecule has 7 heteroatoms. The number of hydrogen-bond donors (Lipinski definition) is 1. The largest absolute Gasteiger partial charge is 0.493 e. The van der Waals surface area contributed by atoms with E-state index in [0.717, 1.165) is 5.56 Å². The maximum absolute atomic E-state index is 12.7. The second kappa shape index (κ2) is 7.00. The van der Waals surface area contributed by atoms with Crippen molar-refractivity contribution in [2.75, 3.05) is 26.1 Å². The van der Waals surface area contributed by atoms with Gasteiger partial charge in [0.1, 0.15) is 0 Å². The summed E-state index contributed by atoms with van der Waals surface area (Å²) >= 11 is 0. The number of sulfonamides is 1. The molecule has 1 N–H and O–H groups in total. The number of ether oxygens (including phenoxy) is 3. The van der Waals surface area contributed by atoms with Crippen molar-refractivity contribution in [3.05, 3.63) is 41.5 Å². The van der Waals surface area contributed by atoms with Gasteiger partial charge in [-0.3, -0.25) is 4.72 Å². The Bertz CT molecular complexity index is 821. The van der Waals surface area contributed by atoms with Crippen LogP contribution in [0.5, 0.6) is 17.2 Å². The fourth-order valence-electron chi connectivity index (χ4n) is 2.35. The van der Waals surface area contributed by atoms with Crippen LogP contribution in [0.1, 0.15) is 11.1 Å². The van der Waals surface area contributed by atoms with Gasteiger partial charge >= 0.3 is 0 Å². The van der Waals surface area contributed by atoms with Gasteiger partial charge in [0, 0.05) is 12.1 Å². The minimum absolute atomic E-state index is 0.233. The molecule has 0 aliphatic carbocycles. The first-order valence-corrected chi connectivity index (χ1v) is 8.70. The van der Waals surface area contributed by atoms with E-state index in [4.69, 9.17) is 14.2 Å². The minimum Gasteiger partial charge on any atom is -0.493 e. The van der Waals surface area contributed by atoms with E-state index in [1.807, 2.05) is 13.0 Å². The van der Waals surface area contributed by atoms with E-state index >= 15 is 0 Å². The number of aryl methyl sites for hydroxylation is 2. The van der Waals surface area contributed by atoms with Crippen molar-refractivity contribution in [2.45, 2.75) is 18.7 Å². The fourth-order valence-corrected chi connectivity index (χ4v) is 3.72. The summed E-state index contributed by atoms with van der Waals surface area (Å²) in [6, 6.07) is 8.37. The Morgan fingerprint density at radius 1 is 0.875 bits per heavy atom. The van der Waals surface area contributed by atoms with Gasteiger partial charge in [0.2, 0.25) is 5.75 Å². The lowest BCUT2D eigenvalue weighted by atomic mass is 10.2. The normalized spacial score (nSPS) is 11.0. The van der Waals surface area contributed by atoms with E-state index in [0.29, 0.717) is 28.5 Å². The number of rotatable bonds is 6. The highest BCUT2D eigenvalue weighted by molar-refractivity contribution is 7.92. The Labute approximate surface area is 142 Å². The zero-order valence-electron chi connectivity index (χ0n) is 14.3. The molecule has 0 spiro atoms. The van der Waals surface area contributed by atoms with Crippen LogP contribution in [0.25, 0.3) is 0 Å². The maximum atomic E-state index is 12.7. The first-order chi connectivity index (χ1) is 11.3. The first-order valence-electron chi connectivity index (χ1n) is 7.22. The fraction of sp³-hybridized carbons (Fsp3) is 0.294. The molecule has 0 saturated heterocycles. The second-order valence-electron chi connectivity index (χ2n) is 5.29. The number of benzene rings is 2. The summed E-state index contributed by atoms with van der Waals surface area (Å²) in [5.74, 6) is 1.14. The third kappa shape index (κ3) is 3.56. The van der Waals surface area contributed by atoms with Crippen molar-refractivity contribution in [3.63, 3.8) is 0 Å². The molecule has 2 aromatic rings. The molecule has 130 valence electrons. The van der Waals surface area contributed by atoms with Gasteiger partial charge in [-0.1, -0.05) is 12.1 Å². The Kier molecular flexibility index (Phi) is 5.23. The van der Waals surface area contributed by atoms with Gasteiger partial charge in [0.25, 0.3) is 10.0 Å². The summed E-state index contributed by atoms with van der Waals surface area (Å²) in [7, 11) is 0.693. The molecule has 0 aliphatic rings. The van der Waals surface area contributed by atoms with Crippen LogP contribution in [0.15, 0.2) is 35.2 Å². The van der Waals surface area contributed by atoms with E-state index < -0.39 is 10.0 Å². The van der Waals surface area contributed by atoms with E-state index in [1.54, 1.807) is 31.2 Å². The summed E-state index contributed by atoms with van der Waals surface area (Å²) < 4.78 is 43.7. The van der Waals surface area contributed by atoms with Crippen LogP contribution in [-0.4, -0.2) is 29.7 Å². The van der Waals surface area contributed by atoms with Crippen LogP contribution < -0.4 is 18.9 Å². The smallest absolute Gasteiger partial charge is 0.262 e. The highest BCUT2D eigenvalue weighted by Gasteiger charge is 2.20. The van der Waals surface area contributed by atoms with Crippen LogP contribution >= 0.6 is 0 Å². The molecule has 0 fully saturated rings. The topological polar surface area (TPSA) is 73.9 Å². The highest BCUT2D eigenvalue weighted by atomic mass is 32.2. The minimum atomic E-state index is -3.74. The molecule has 0 unspecified atom stereocenters. The highest BCUT2D eigenvalue weighted by Crippen LogP contribution is 2.40. The number of methoxy groups -OCH3 is 3. The lowest BCUT2D eigenvalue weighted by molar-refractivity contribution is 0.325. The summed E-state index contributed by atoms with van der Waals surface area (Å²) in [6.45, 7) is 3.60. The predicted octanol–water partition coefficient (Wildman–Crippen LogP) is 3.13. The molecule has 0 saturated carbocycles. The van der Waals surface area contributed by atoms with Crippen molar-refractivity contribution >= 4 is 15.7 Å². The zero-order chi connectivity index (χ0) is 17.9. The SMILES string of the molecule is COc1cc(NS(=O)(=O)c2cc(C)ccc2C)cc(OC)c1OC. The van der Waals surface area contributed by atoms with E-state index in [1.165, 1.54) is 21.3 Å². The van der Waals surface area contributed by atoms with E-state index in [-0.39, 0.29) is 4.90 Å². The van der Waals surface area contributed by atoms with Crippen molar-refractivity contribution in [1.29, 1.82) is 0 Å².